The highest BCUT2D eigenvalue weighted by Crippen LogP contribution is 2.20. The summed E-state index contributed by atoms with van der Waals surface area (Å²) in [4.78, 5) is 17.0. The Hall–Kier alpha value is -0.610. The maximum atomic E-state index is 12.5. The number of nitrogens with zero attached hydrogens (tertiary/aromatic N) is 2. The van der Waals surface area contributed by atoms with Crippen LogP contribution in [0.4, 0.5) is 0 Å². The van der Waals surface area contributed by atoms with E-state index in [0.717, 1.165) is 26.2 Å². The highest BCUT2D eigenvalue weighted by atomic mass is 16.2. The molecule has 20 heavy (non-hydrogen) atoms. The van der Waals surface area contributed by atoms with E-state index in [1.54, 1.807) is 0 Å². The van der Waals surface area contributed by atoms with Gasteiger partial charge in [0.1, 0.15) is 0 Å². The molecular formula is C16H29N3O. The molecule has 1 N–H and O–H groups in total. The van der Waals surface area contributed by atoms with Crippen LogP contribution in [0, 0.1) is 0 Å². The van der Waals surface area contributed by atoms with Gasteiger partial charge < -0.3 is 10.2 Å². The maximum absolute atomic E-state index is 12.5. The van der Waals surface area contributed by atoms with Crippen molar-refractivity contribution in [2.75, 3.05) is 32.7 Å². The van der Waals surface area contributed by atoms with Crippen molar-refractivity contribution in [3.63, 3.8) is 0 Å². The third-order valence-corrected chi connectivity index (χ3v) is 5.18. The normalized spacial score (nSPS) is 32.5. The summed E-state index contributed by atoms with van der Waals surface area (Å²) in [6.45, 7) is 4.77. The van der Waals surface area contributed by atoms with Gasteiger partial charge in [-0.3, -0.25) is 9.69 Å². The first-order chi connectivity index (χ1) is 9.81. The van der Waals surface area contributed by atoms with E-state index in [1.807, 2.05) is 0 Å². The second kappa shape index (κ2) is 6.90. The third kappa shape index (κ3) is 3.73. The molecule has 2 atom stereocenters. The molecule has 2 unspecified atom stereocenters. The monoisotopic (exact) mass is 279 g/mol. The molecule has 0 saturated carbocycles. The zero-order chi connectivity index (χ0) is 13.8. The van der Waals surface area contributed by atoms with Crippen molar-refractivity contribution in [3.05, 3.63) is 0 Å². The van der Waals surface area contributed by atoms with E-state index in [0.29, 0.717) is 24.5 Å². The fraction of sp³-hybridized carbons (Fsp3) is 0.938. The van der Waals surface area contributed by atoms with E-state index in [1.165, 1.54) is 51.4 Å². The molecule has 4 nitrogen and oxygen atoms in total. The first kappa shape index (κ1) is 14.3. The number of fused-ring (bicyclic) bond motifs is 2. The number of likely N-dealkylation sites (tertiary alicyclic amines) is 2. The zero-order valence-corrected chi connectivity index (χ0v) is 12.6. The van der Waals surface area contributed by atoms with Crippen molar-refractivity contribution < 1.29 is 4.79 Å². The summed E-state index contributed by atoms with van der Waals surface area (Å²) < 4.78 is 0. The molecule has 1 amide bonds. The molecule has 3 saturated heterocycles. The van der Waals surface area contributed by atoms with Crippen LogP contribution < -0.4 is 5.32 Å². The number of carbonyl (C=O) groups is 1. The van der Waals surface area contributed by atoms with Gasteiger partial charge in [-0.2, -0.15) is 0 Å². The van der Waals surface area contributed by atoms with Crippen LogP contribution in [-0.2, 0) is 4.79 Å². The van der Waals surface area contributed by atoms with Crippen molar-refractivity contribution in [3.8, 4) is 0 Å². The Balaban J connectivity index is 1.49. The summed E-state index contributed by atoms with van der Waals surface area (Å²) in [5, 5.41) is 3.69. The predicted molar refractivity (Wildman–Crippen MR) is 80.7 cm³/mol. The van der Waals surface area contributed by atoms with Gasteiger partial charge in [0.25, 0.3) is 0 Å². The summed E-state index contributed by atoms with van der Waals surface area (Å²) in [5.74, 6) is 0.365. The molecule has 0 radical (unpaired) electrons. The second-order valence-corrected chi connectivity index (χ2v) is 6.81. The number of nitrogens with one attached hydrogen (secondary N) is 1. The Kier molecular flexibility index (Phi) is 4.94. The number of carbonyl (C=O) groups excluding carboxylic acids is 1. The minimum Gasteiger partial charge on any atom is -0.342 e. The smallest absolute Gasteiger partial charge is 0.236 e. The lowest BCUT2D eigenvalue weighted by atomic mass is 10.1. The van der Waals surface area contributed by atoms with Crippen molar-refractivity contribution in [2.45, 2.75) is 63.5 Å². The summed E-state index contributed by atoms with van der Waals surface area (Å²) >= 11 is 0. The maximum Gasteiger partial charge on any atom is 0.236 e. The molecule has 4 heteroatoms. The molecule has 3 aliphatic heterocycles. The predicted octanol–water partition coefficient (Wildman–Crippen LogP) is 1.61. The van der Waals surface area contributed by atoms with Gasteiger partial charge in [0.2, 0.25) is 5.91 Å². The molecule has 3 fully saturated rings. The van der Waals surface area contributed by atoms with E-state index < -0.39 is 0 Å². The van der Waals surface area contributed by atoms with E-state index >= 15 is 0 Å². The average Bonchev–Trinajstić information content (AvgIpc) is 2.72. The molecule has 0 aliphatic carbocycles. The first-order valence-electron chi connectivity index (χ1n) is 8.57. The molecule has 0 spiro atoms. The molecule has 3 rings (SSSR count). The summed E-state index contributed by atoms with van der Waals surface area (Å²) in [7, 11) is 0. The van der Waals surface area contributed by atoms with Crippen molar-refractivity contribution >= 4 is 5.91 Å². The van der Waals surface area contributed by atoms with Crippen LogP contribution in [0.15, 0.2) is 0 Å². The number of hydrogen-bond acceptors (Lipinski definition) is 3. The summed E-state index contributed by atoms with van der Waals surface area (Å²) in [6, 6.07) is 1.34. The number of hydrogen-bond donors (Lipinski definition) is 1. The van der Waals surface area contributed by atoms with Crippen LogP contribution in [0.3, 0.4) is 0 Å². The minimum absolute atomic E-state index is 0.365. The first-order valence-corrected chi connectivity index (χ1v) is 8.57. The van der Waals surface area contributed by atoms with E-state index in [2.05, 4.69) is 15.1 Å². The number of amides is 1. The highest BCUT2D eigenvalue weighted by Gasteiger charge is 2.30. The van der Waals surface area contributed by atoms with Crippen LogP contribution in [0.1, 0.15) is 51.4 Å². The van der Waals surface area contributed by atoms with Crippen molar-refractivity contribution in [1.29, 1.82) is 0 Å². The van der Waals surface area contributed by atoms with Gasteiger partial charge in [-0.05, 0) is 32.1 Å². The second-order valence-electron chi connectivity index (χ2n) is 6.81. The Morgan fingerprint density at radius 3 is 2.40 bits per heavy atom. The Morgan fingerprint density at radius 2 is 1.60 bits per heavy atom. The lowest BCUT2D eigenvalue weighted by molar-refractivity contribution is -0.132. The zero-order valence-electron chi connectivity index (χ0n) is 12.6. The molecule has 0 aromatic carbocycles. The summed E-state index contributed by atoms with van der Waals surface area (Å²) in [6.07, 6.45) is 10.2. The standard InChI is InChI=1S/C16H29N3O/c20-16(19-9-4-2-1-3-5-10-19)13-18-11-8-14-6-7-15(12-18)17-14/h14-15,17H,1-13H2. The van der Waals surface area contributed by atoms with Crippen LogP contribution in [0.2, 0.25) is 0 Å². The van der Waals surface area contributed by atoms with Crippen LogP contribution in [0.5, 0.6) is 0 Å². The molecule has 114 valence electrons. The number of rotatable bonds is 2. The molecule has 2 bridgehead atoms. The Labute approximate surface area is 122 Å². The molecule has 0 aromatic rings. The third-order valence-electron chi connectivity index (χ3n) is 5.18. The fourth-order valence-corrected chi connectivity index (χ4v) is 3.95. The quantitative estimate of drug-likeness (QED) is 0.834. The fourth-order valence-electron chi connectivity index (χ4n) is 3.95. The van der Waals surface area contributed by atoms with Gasteiger partial charge in [-0.15, -0.1) is 0 Å². The van der Waals surface area contributed by atoms with Crippen LogP contribution in [0.25, 0.3) is 0 Å². The van der Waals surface area contributed by atoms with Crippen LogP contribution >= 0.6 is 0 Å². The van der Waals surface area contributed by atoms with E-state index in [-0.39, 0.29) is 0 Å². The Bertz CT molecular complexity index is 326. The van der Waals surface area contributed by atoms with E-state index in [9.17, 15) is 4.79 Å². The van der Waals surface area contributed by atoms with Gasteiger partial charge in [0.15, 0.2) is 0 Å². The topological polar surface area (TPSA) is 35.6 Å². The van der Waals surface area contributed by atoms with Gasteiger partial charge in [-0.1, -0.05) is 19.3 Å². The molecule has 0 aromatic heterocycles. The van der Waals surface area contributed by atoms with Gasteiger partial charge in [-0.25, -0.2) is 0 Å². The minimum atomic E-state index is 0.365. The molecular weight excluding hydrogens is 250 g/mol. The van der Waals surface area contributed by atoms with E-state index in [4.69, 9.17) is 0 Å². The molecule has 3 heterocycles. The lowest BCUT2D eigenvalue weighted by Gasteiger charge is -2.29. The van der Waals surface area contributed by atoms with Gasteiger partial charge in [0.05, 0.1) is 6.54 Å². The average molecular weight is 279 g/mol. The highest BCUT2D eigenvalue weighted by molar-refractivity contribution is 5.78. The van der Waals surface area contributed by atoms with Crippen molar-refractivity contribution in [2.24, 2.45) is 0 Å². The lowest BCUT2D eigenvalue weighted by Crippen LogP contribution is -2.44. The largest absolute Gasteiger partial charge is 0.342 e. The van der Waals surface area contributed by atoms with Crippen molar-refractivity contribution in [1.82, 2.24) is 15.1 Å². The molecule has 3 aliphatic rings. The van der Waals surface area contributed by atoms with Gasteiger partial charge in [0, 0.05) is 38.3 Å². The van der Waals surface area contributed by atoms with Gasteiger partial charge >= 0.3 is 0 Å². The SMILES string of the molecule is O=C(CN1CCC2CCC(C1)N2)N1CCCCCCC1. The van der Waals surface area contributed by atoms with Crippen LogP contribution in [-0.4, -0.2) is 60.5 Å². The Morgan fingerprint density at radius 1 is 0.900 bits per heavy atom. The summed E-state index contributed by atoms with van der Waals surface area (Å²) in [5.41, 5.74) is 0.